The number of nitro groups is 1. The second-order valence-electron chi connectivity index (χ2n) is 9.72. The summed E-state index contributed by atoms with van der Waals surface area (Å²) in [6, 6.07) is 10.2. The topological polar surface area (TPSA) is 128 Å². The van der Waals surface area contributed by atoms with Crippen molar-refractivity contribution in [1.82, 2.24) is 14.7 Å². The molecule has 33 heavy (non-hydrogen) atoms. The number of nitrogens with two attached hydrogens (primary N) is 1. The van der Waals surface area contributed by atoms with Crippen LogP contribution < -0.4 is 16.4 Å². The number of aromatic nitrogens is 2. The van der Waals surface area contributed by atoms with E-state index in [-0.39, 0.29) is 29.2 Å². The number of carbonyl (C=O) groups excluding carboxylic acids is 1. The molecule has 9 nitrogen and oxygen atoms in total. The summed E-state index contributed by atoms with van der Waals surface area (Å²) in [6.07, 6.45) is 5.46. The molecule has 4 rings (SSSR count). The predicted molar refractivity (Wildman–Crippen MR) is 128 cm³/mol. The number of rotatable bonds is 5. The molecular weight excluding hydrogens is 420 g/mol. The van der Waals surface area contributed by atoms with Gasteiger partial charge in [-0.25, -0.2) is 4.98 Å². The van der Waals surface area contributed by atoms with E-state index in [9.17, 15) is 14.9 Å². The summed E-state index contributed by atoms with van der Waals surface area (Å²) >= 11 is 0. The zero-order valence-electron chi connectivity index (χ0n) is 19.2. The van der Waals surface area contributed by atoms with Crippen molar-refractivity contribution in [3.63, 3.8) is 0 Å². The fourth-order valence-corrected chi connectivity index (χ4v) is 4.14. The number of benzene rings is 1. The van der Waals surface area contributed by atoms with Crippen LogP contribution in [0.5, 0.6) is 0 Å². The summed E-state index contributed by atoms with van der Waals surface area (Å²) in [6.45, 7) is 6.14. The molecule has 0 bridgehead atoms. The molecule has 4 N–H and O–H groups in total. The van der Waals surface area contributed by atoms with Gasteiger partial charge in [0.1, 0.15) is 17.2 Å². The first kappa shape index (κ1) is 22.7. The SMILES string of the molecule is CC(C)(C)Nc1c(-c2ccc([N+](=O)[O-])cc2)nc2cc(C(=O)NC3CCC(N)CC3)ccn12. The van der Waals surface area contributed by atoms with Crippen LogP contribution in [0.2, 0.25) is 0 Å². The molecule has 1 aliphatic carbocycles. The van der Waals surface area contributed by atoms with E-state index in [1.807, 2.05) is 31.4 Å². The number of fused-ring (bicyclic) bond motifs is 1. The largest absolute Gasteiger partial charge is 0.365 e. The minimum Gasteiger partial charge on any atom is -0.365 e. The highest BCUT2D eigenvalue weighted by atomic mass is 16.6. The molecule has 1 saturated carbocycles. The van der Waals surface area contributed by atoms with Crippen molar-refractivity contribution in [1.29, 1.82) is 0 Å². The van der Waals surface area contributed by atoms with Crippen LogP contribution in [-0.2, 0) is 0 Å². The van der Waals surface area contributed by atoms with Gasteiger partial charge in [0.2, 0.25) is 0 Å². The zero-order valence-corrected chi connectivity index (χ0v) is 19.2. The number of anilines is 1. The summed E-state index contributed by atoms with van der Waals surface area (Å²) in [7, 11) is 0. The van der Waals surface area contributed by atoms with Gasteiger partial charge in [0.25, 0.3) is 11.6 Å². The second kappa shape index (κ2) is 8.82. The van der Waals surface area contributed by atoms with Gasteiger partial charge in [-0.2, -0.15) is 0 Å². The fraction of sp³-hybridized carbons (Fsp3) is 0.417. The van der Waals surface area contributed by atoms with Gasteiger partial charge in [-0.15, -0.1) is 0 Å². The number of nitrogens with one attached hydrogen (secondary N) is 2. The molecule has 9 heteroatoms. The monoisotopic (exact) mass is 450 g/mol. The van der Waals surface area contributed by atoms with Crippen LogP contribution in [0.4, 0.5) is 11.5 Å². The summed E-state index contributed by atoms with van der Waals surface area (Å²) in [5.74, 6) is 0.641. The Balaban J connectivity index is 1.68. The van der Waals surface area contributed by atoms with E-state index in [0.717, 1.165) is 37.1 Å². The van der Waals surface area contributed by atoms with Crippen molar-refractivity contribution < 1.29 is 9.72 Å². The second-order valence-corrected chi connectivity index (χ2v) is 9.72. The average Bonchev–Trinajstić information content (AvgIpc) is 3.11. The van der Waals surface area contributed by atoms with E-state index in [2.05, 4.69) is 10.6 Å². The molecule has 2 heterocycles. The number of non-ortho nitro benzene ring substituents is 1. The van der Waals surface area contributed by atoms with Crippen molar-refractivity contribution >= 4 is 23.1 Å². The van der Waals surface area contributed by atoms with Gasteiger partial charge in [0.05, 0.1) is 4.92 Å². The van der Waals surface area contributed by atoms with Crippen molar-refractivity contribution in [2.75, 3.05) is 5.32 Å². The Kier molecular flexibility index (Phi) is 6.07. The number of imidazole rings is 1. The molecule has 1 aliphatic rings. The molecule has 174 valence electrons. The van der Waals surface area contributed by atoms with Crippen molar-refractivity contribution in [2.24, 2.45) is 5.73 Å². The lowest BCUT2D eigenvalue weighted by Gasteiger charge is -2.26. The minimum absolute atomic E-state index is 0.0236. The maximum absolute atomic E-state index is 12.9. The fourth-order valence-electron chi connectivity index (χ4n) is 4.14. The number of carbonyl (C=O) groups is 1. The number of hydrogen-bond acceptors (Lipinski definition) is 6. The number of amides is 1. The third kappa shape index (κ3) is 5.14. The Morgan fingerprint density at radius 1 is 1.15 bits per heavy atom. The smallest absolute Gasteiger partial charge is 0.269 e. The quantitative estimate of drug-likeness (QED) is 0.396. The molecule has 1 amide bonds. The van der Waals surface area contributed by atoms with Gasteiger partial charge in [-0.05, 0) is 70.7 Å². The van der Waals surface area contributed by atoms with Crippen LogP contribution in [0, 0.1) is 10.1 Å². The lowest BCUT2D eigenvalue weighted by atomic mass is 9.91. The van der Waals surface area contributed by atoms with Crippen molar-refractivity contribution in [3.8, 4) is 11.3 Å². The minimum atomic E-state index is -0.424. The molecule has 0 saturated heterocycles. The van der Waals surface area contributed by atoms with Crippen LogP contribution in [-0.4, -0.2) is 37.8 Å². The molecule has 0 unspecified atom stereocenters. The van der Waals surface area contributed by atoms with Gasteiger partial charge in [0, 0.05) is 47.1 Å². The maximum atomic E-state index is 12.9. The molecule has 1 aromatic carbocycles. The van der Waals surface area contributed by atoms with Crippen LogP contribution >= 0.6 is 0 Å². The summed E-state index contributed by atoms with van der Waals surface area (Å²) in [4.78, 5) is 28.3. The van der Waals surface area contributed by atoms with Gasteiger partial charge in [-0.1, -0.05) is 0 Å². The number of pyridine rings is 1. The Labute approximate surface area is 192 Å². The van der Waals surface area contributed by atoms with Crippen LogP contribution in [0.3, 0.4) is 0 Å². The van der Waals surface area contributed by atoms with Gasteiger partial charge in [0.15, 0.2) is 0 Å². The summed E-state index contributed by atoms with van der Waals surface area (Å²) in [5, 5.41) is 17.6. The highest BCUT2D eigenvalue weighted by Gasteiger charge is 2.23. The van der Waals surface area contributed by atoms with Gasteiger partial charge >= 0.3 is 0 Å². The Bertz CT molecular complexity index is 1170. The highest BCUT2D eigenvalue weighted by Crippen LogP contribution is 2.32. The predicted octanol–water partition coefficient (Wildman–Crippen LogP) is 4.12. The number of nitro benzene ring substituents is 1. The third-order valence-corrected chi connectivity index (χ3v) is 5.84. The molecule has 1 fully saturated rings. The van der Waals surface area contributed by atoms with E-state index >= 15 is 0 Å². The molecule has 0 aliphatic heterocycles. The lowest BCUT2D eigenvalue weighted by molar-refractivity contribution is -0.384. The Morgan fingerprint density at radius 2 is 1.82 bits per heavy atom. The average molecular weight is 451 g/mol. The first-order chi connectivity index (χ1) is 15.6. The van der Waals surface area contributed by atoms with Crippen molar-refractivity contribution in [3.05, 3.63) is 58.3 Å². The molecule has 0 atom stereocenters. The number of hydrogen-bond donors (Lipinski definition) is 3. The maximum Gasteiger partial charge on any atom is 0.269 e. The summed E-state index contributed by atoms with van der Waals surface area (Å²) < 4.78 is 1.90. The highest BCUT2D eigenvalue weighted by molar-refractivity contribution is 5.95. The van der Waals surface area contributed by atoms with E-state index in [0.29, 0.717) is 16.9 Å². The van der Waals surface area contributed by atoms with E-state index in [4.69, 9.17) is 10.7 Å². The van der Waals surface area contributed by atoms with E-state index in [1.165, 1.54) is 12.1 Å². The van der Waals surface area contributed by atoms with E-state index < -0.39 is 4.92 Å². The van der Waals surface area contributed by atoms with Gasteiger partial charge in [-0.3, -0.25) is 19.3 Å². The van der Waals surface area contributed by atoms with E-state index in [1.54, 1.807) is 24.3 Å². The first-order valence-corrected chi connectivity index (χ1v) is 11.2. The normalized spacial score (nSPS) is 18.8. The molecule has 3 aromatic rings. The number of nitrogens with zero attached hydrogens (tertiary/aromatic N) is 3. The Hall–Kier alpha value is -3.46. The Morgan fingerprint density at radius 3 is 2.42 bits per heavy atom. The van der Waals surface area contributed by atoms with Gasteiger partial charge < -0.3 is 16.4 Å². The van der Waals surface area contributed by atoms with Crippen molar-refractivity contribution in [2.45, 2.75) is 64.1 Å². The zero-order chi connectivity index (χ0) is 23.8. The summed E-state index contributed by atoms with van der Waals surface area (Å²) in [5.41, 5.74) is 8.32. The van der Waals surface area contributed by atoms with Crippen LogP contribution in [0.15, 0.2) is 42.6 Å². The molecule has 0 spiro atoms. The molecule has 0 radical (unpaired) electrons. The first-order valence-electron chi connectivity index (χ1n) is 11.2. The lowest BCUT2D eigenvalue weighted by Crippen LogP contribution is -2.40. The molecule has 2 aromatic heterocycles. The van der Waals surface area contributed by atoms with Crippen LogP contribution in [0.1, 0.15) is 56.8 Å². The molecular formula is C24H30N6O3. The third-order valence-electron chi connectivity index (χ3n) is 5.84. The van der Waals surface area contributed by atoms with Crippen LogP contribution in [0.25, 0.3) is 16.9 Å². The standard InChI is InChI=1S/C24H30N6O3/c1-24(2,3)28-22-21(15-4-10-19(11-5-15)30(32)33)27-20-14-16(12-13-29(20)22)23(31)26-18-8-6-17(25)7-9-18/h4-5,10-14,17-18,28H,6-9,25H2,1-3H3,(H,26,31).